The smallest absolute Gasteiger partial charge is 0.340 e. The summed E-state index contributed by atoms with van der Waals surface area (Å²) in [4.78, 5) is 26.5. The third-order valence-electron chi connectivity index (χ3n) is 5.87. The summed E-state index contributed by atoms with van der Waals surface area (Å²) in [6.45, 7) is 3.94. The Kier molecular flexibility index (Phi) is 7.48. The van der Waals surface area contributed by atoms with Gasteiger partial charge in [-0.15, -0.1) is 0 Å². The van der Waals surface area contributed by atoms with Crippen molar-refractivity contribution < 1.29 is 37.7 Å². The minimum absolute atomic E-state index is 0.0881. The Morgan fingerprint density at radius 1 is 1.17 bits per heavy atom. The molecule has 0 amide bonds. The topological polar surface area (TPSA) is 184 Å². The number of aliphatic hydroxyl groups is 2. The number of anilines is 1. The molecule has 5 atom stereocenters. The molecule has 0 unspecified atom stereocenters. The predicted molar refractivity (Wildman–Crippen MR) is 132 cm³/mol. The zero-order chi connectivity index (χ0) is 26.4. The summed E-state index contributed by atoms with van der Waals surface area (Å²) >= 11 is 6.17. The van der Waals surface area contributed by atoms with Crippen LogP contribution in [0.4, 0.5) is 5.82 Å². The second-order valence-corrected chi connectivity index (χ2v) is 13.3. The van der Waals surface area contributed by atoms with Crippen molar-refractivity contribution >= 4 is 45.9 Å². The van der Waals surface area contributed by atoms with Crippen molar-refractivity contribution in [1.82, 2.24) is 14.5 Å². The molecule has 15 heteroatoms. The zero-order valence-electron chi connectivity index (χ0n) is 19.3. The van der Waals surface area contributed by atoms with Gasteiger partial charge < -0.3 is 34.6 Å². The SMILES string of the molecule is Cc1ccc([C@@H](C)Nc2nc(Cl)nc3c2ccn3[C@@H]2O[C@H](CS(=O)(=O)CP(=O)(O)O)[C@@H](O)[C@H]2O)cc1. The number of hydrogen-bond acceptors (Lipinski definition) is 9. The van der Waals surface area contributed by atoms with E-state index in [0.29, 0.717) is 11.2 Å². The molecule has 1 aliphatic rings. The van der Waals surface area contributed by atoms with E-state index in [-0.39, 0.29) is 17.0 Å². The van der Waals surface area contributed by atoms with Gasteiger partial charge in [-0.3, -0.25) is 4.57 Å². The number of fused-ring (bicyclic) bond motifs is 1. The fourth-order valence-electron chi connectivity index (χ4n) is 4.12. The Morgan fingerprint density at radius 2 is 1.83 bits per heavy atom. The van der Waals surface area contributed by atoms with Crippen molar-refractivity contribution in [2.75, 3.05) is 16.6 Å². The monoisotopic (exact) mass is 560 g/mol. The number of nitrogens with one attached hydrogen (secondary N) is 1. The van der Waals surface area contributed by atoms with Gasteiger partial charge in [-0.1, -0.05) is 29.8 Å². The van der Waals surface area contributed by atoms with Gasteiger partial charge in [0.25, 0.3) is 0 Å². The summed E-state index contributed by atoms with van der Waals surface area (Å²) in [6, 6.07) is 9.49. The van der Waals surface area contributed by atoms with E-state index in [1.54, 1.807) is 6.07 Å². The van der Waals surface area contributed by atoms with Crippen LogP contribution in [0.5, 0.6) is 0 Å². The van der Waals surface area contributed by atoms with Gasteiger partial charge in [-0.25, -0.2) is 13.4 Å². The van der Waals surface area contributed by atoms with Gasteiger partial charge in [-0.2, -0.15) is 4.98 Å². The highest BCUT2D eigenvalue weighted by Crippen LogP contribution is 2.39. The Morgan fingerprint density at radius 3 is 2.47 bits per heavy atom. The zero-order valence-corrected chi connectivity index (χ0v) is 21.7. The quantitative estimate of drug-likeness (QED) is 0.200. The summed E-state index contributed by atoms with van der Waals surface area (Å²) in [6.07, 6.45) is -4.30. The lowest BCUT2D eigenvalue weighted by molar-refractivity contribution is -0.0288. The summed E-state index contributed by atoms with van der Waals surface area (Å²) in [5, 5.41) is 24.8. The number of benzene rings is 1. The largest absolute Gasteiger partial charge is 0.387 e. The molecular formula is C21H26ClN4O8PS. The Hall–Kier alpha value is -2.09. The van der Waals surface area contributed by atoms with Crippen molar-refractivity contribution in [2.24, 2.45) is 0 Å². The Balaban J connectivity index is 1.61. The highest BCUT2D eigenvalue weighted by molar-refractivity contribution is 7.97. The molecule has 2 aromatic heterocycles. The molecule has 196 valence electrons. The van der Waals surface area contributed by atoms with Crippen LogP contribution < -0.4 is 5.32 Å². The maximum Gasteiger partial charge on any atom is 0.340 e. The van der Waals surface area contributed by atoms with Crippen LogP contribution in [-0.4, -0.2) is 72.5 Å². The van der Waals surface area contributed by atoms with E-state index in [2.05, 4.69) is 15.3 Å². The van der Waals surface area contributed by atoms with Crippen LogP contribution in [-0.2, 0) is 19.1 Å². The molecule has 1 aromatic carbocycles. The fourth-order valence-corrected chi connectivity index (χ4v) is 7.53. The summed E-state index contributed by atoms with van der Waals surface area (Å²) in [5.41, 5.74) is 1.01. The maximum absolute atomic E-state index is 12.2. The van der Waals surface area contributed by atoms with Crippen LogP contribution in [0.2, 0.25) is 5.28 Å². The van der Waals surface area contributed by atoms with Crippen LogP contribution in [0.25, 0.3) is 11.0 Å². The number of halogens is 1. The standard InChI is InChI=1S/C21H26ClN4O8PS/c1-11-3-5-13(6-4-11)12(2)23-18-14-7-8-26(19(14)25-21(22)24-18)20-17(28)16(27)15(34-20)9-36(32,33)10-35(29,30)31/h3-8,12,15-17,20,27-28H,9-10H2,1-2H3,(H,23,24,25)(H2,29,30,31)/t12-,15-,16-,17-,20-/m1/s1. The number of nitrogens with zero attached hydrogens (tertiary/aromatic N) is 3. The number of ether oxygens (including phenoxy) is 1. The van der Waals surface area contributed by atoms with Gasteiger partial charge in [-0.05, 0) is 37.1 Å². The molecule has 0 bridgehead atoms. The lowest BCUT2D eigenvalue weighted by Crippen LogP contribution is -2.35. The fraction of sp³-hybridized carbons (Fsp3) is 0.429. The number of sulfone groups is 1. The first-order valence-corrected chi connectivity index (χ1v) is 14.9. The molecule has 0 radical (unpaired) electrons. The molecule has 12 nitrogen and oxygen atoms in total. The first-order valence-electron chi connectivity index (χ1n) is 10.9. The Bertz CT molecular complexity index is 1410. The average Bonchev–Trinajstić information content (AvgIpc) is 3.28. The van der Waals surface area contributed by atoms with Crippen LogP contribution >= 0.6 is 19.2 Å². The van der Waals surface area contributed by atoms with Gasteiger partial charge >= 0.3 is 7.60 Å². The molecule has 3 aromatic rings. The lowest BCUT2D eigenvalue weighted by Gasteiger charge is -2.19. The second-order valence-electron chi connectivity index (χ2n) is 8.83. The number of rotatable bonds is 8. The van der Waals surface area contributed by atoms with Crippen molar-refractivity contribution in [3.05, 3.63) is 52.9 Å². The van der Waals surface area contributed by atoms with Crippen LogP contribution in [0.15, 0.2) is 36.5 Å². The van der Waals surface area contributed by atoms with Gasteiger partial charge in [0.05, 0.1) is 11.1 Å². The number of aliphatic hydroxyl groups excluding tert-OH is 2. The summed E-state index contributed by atoms with van der Waals surface area (Å²) in [7, 11) is -9.15. The average molecular weight is 561 g/mol. The molecule has 0 saturated carbocycles. The van der Waals surface area contributed by atoms with Crippen LogP contribution in [0, 0.1) is 6.92 Å². The molecule has 1 aliphatic heterocycles. The molecule has 0 spiro atoms. The highest BCUT2D eigenvalue weighted by atomic mass is 35.5. The molecule has 3 heterocycles. The molecular weight excluding hydrogens is 535 g/mol. The predicted octanol–water partition coefficient (Wildman–Crippen LogP) is 1.74. The third-order valence-corrected chi connectivity index (χ3v) is 9.79. The van der Waals surface area contributed by atoms with E-state index in [0.717, 1.165) is 11.1 Å². The van der Waals surface area contributed by atoms with E-state index in [4.69, 9.17) is 26.1 Å². The first kappa shape index (κ1) is 27.0. The van der Waals surface area contributed by atoms with E-state index < -0.39 is 53.2 Å². The number of aromatic nitrogens is 3. The van der Waals surface area contributed by atoms with E-state index in [1.807, 2.05) is 38.1 Å². The number of hydrogen-bond donors (Lipinski definition) is 5. The minimum atomic E-state index is -4.85. The van der Waals surface area contributed by atoms with Gasteiger partial charge in [0, 0.05) is 12.2 Å². The molecule has 36 heavy (non-hydrogen) atoms. The van der Waals surface area contributed by atoms with Crippen LogP contribution in [0.3, 0.4) is 0 Å². The highest BCUT2D eigenvalue weighted by Gasteiger charge is 2.46. The van der Waals surface area contributed by atoms with Crippen molar-refractivity contribution in [3.63, 3.8) is 0 Å². The van der Waals surface area contributed by atoms with Crippen molar-refractivity contribution in [3.8, 4) is 0 Å². The first-order chi connectivity index (χ1) is 16.7. The lowest BCUT2D eigenvalue weighted by atomic mass is 10.1. The van der Waals surface area contributed by atoms with E-state index in [9.17, 15) is 23.2 Å². The van der Waals surface area contributed by atoms with Crippen LogP contribution in [0.1, 0.15) is 30.3 Å². The molecule has 1 fully saturated rings. The van der Waals surface area contributed by atoms with Gasteiger partial charge in [0.1, 0.15) is 29.8 Å². The molecule has 5 N–H and O–H groups in total. The normalized spacial score (nSPS) is 23.8. The summed E-state index contributed by atoms with van der Waals surface area (Å²) < 4.78 is 42.5. The van der Waals surface area contributed by atoms with Gasteiger partial charge in [0.15, 0.2) is 21.6 Å². The maximum atomic E-state index is 12.2. The Labute approximate surface area is 212 Å². The van der Waals surface area contributed by atoms with Crippen molar-refractivity contribution in [2.45, 2.75) is 44.4 Å². The third kappa shape index (κ3) is 5.90. The molecule has 0 aliphatic carbocycles. The van der Waals surface area contributed by atoms with Gasteiger partial charge in [0.2, 0.25) is 5.28 Å². The molecule has 4 rings (SSSR count). The van der Waals surface area contributed by atoms with E-state index in [1.165, 1.54) is 10.8 Å². The molecule has 1 saturated heterocycles. The van der Waals surface area contributed by atoms with Crippen molar-refractivity contribution in [1.29, 1.82) is 0 Å². The minimum Gasteiger partial charge on any atom is -0.387 e. The van der Waals surface area contributed by atoms with E-state index >= 15 is 0 Å². The second kappa shape index (κ2) is 9.99. The number of aryl methyl sites for hydroxylation is 1. The summed E-state index contributed by atoms with van der Waals surface area (Å²) in [5.74, 6) is -0.464.